The van der Waals surface area contributed by atoms with Gasteiger partial charge < -0.3 is 9.64 Å². The first-order valence-electron chi connectivity index (χ1n) is 13.0. The predicted octanol–water partition coefficient (Wildman–Crippen LogP) is 5.12. The molecule has 0 atom stereocenters. The Balaban J connectivity index is 1.45. The van der Waals surface area contributed by atoms with Crippen LogP contribution < -0.4 is 4.74 Å². The summed E-state index contributed by atoms with van der Waals surface area (Å²) in [5, 5.41) is 5.04. The van der Waals surface area contributed by atoms with Crippen LogP contribution in [0.25, 0.3) is 5.69 Å². The lowest BCUT2D eigenvalue weighted by molar-refractivity contribution is -0.135. The molecular weight excluding hydrogens is 455 g/mol. The molecule has 1 amide bonds. The standard InChI is InChI=1S/C29H35FN4O2/c1-32(29(35)21-10-4-3-5-11-21)20-25-23-19-33(18-22-12-6-7-13-24(22)30)17-16-26(23)34(31-25)27-14-8-9-15-28(27)36-2/h6-9,12-15,21H,3-5,10-11,16-20H2,1-2H3. The fraction of sp³-hybridized carbons (Fsp3) is 0.448. The summed E-state index contributed by atoms with van der Waals surface area (Å²) in [6.45, 7) is 2.48. The maximum atomic E-state index is 14.4. The van der Waals surface area contributed by atoms with Crippen LogP contribution in [0.5, 0.6) is 5.75 Å². The van der Waals surface area contributed by atoms with Crippen LogP contribution in [0.1, 0.15) is 54.6 Å². The van der Waals surface area contributed by atoms with E-state index in [1.165, 1.54) is 12.5 Å². The number of amides is 1. The van der Waals surface area contributed by atoms with Crippen molar-refractivity contribution in [2.45, 2.75) is 58.2 Å². The van der Waals surface area contributed by atoms with Gasteiger partial charge in [-0.3, -0.25) is 9.69 Å². The zero-order chi connectivity index (χ0) is 25.1. The van der Waals surface area contributed by atoms with Gasteiger partial charge in [0.25, 0.3) is 0 Å². The molecule has 7 heteroatoms. The molecule has 1 aliphatic carbocycles. The number of benzene rings is 2. The molecule has 1 saturated carbocycles. The number of aromatic nitrogens is 2. The van der Waals surface area contributed by atoms with Gasteiger partial charge in [0.05, 0.1) is 25.0 Å². The molecule has 2 aromatic carbocycles. The van der Waals surface area contributed by atoms with Crippen LogP contribution in [0.15, 0.2) is 48.5 Å². The van der Waals surface area contributed by atoms with Crippen molar-refractivity contribution in [2.75, 3.05) is 20.7 Å². The molecule has 0 bridgehead atoms. The Labute approximate surface area is 212 Å². The van der Waals surface area contributed by atoms with Crippen LogP contribution >= 0.6 is 0 Å². The highest BCUT2D eigenvalue weighted by Gasteiger charge is 2.30. The molecule has 1 fully saturated rings. The second kappa shape index (κ2) is 10.8. The fourth-order valence-electron chi connectivity index (χ4n) is 5.64. The number of hydrogen-bond acceptors (Lipinski definition) is 4. The number of para-hydroxylation sites is 2. The van der Waals surface area contributed by atoms with Gasteiger partial charge in [0.1, 0.15) is 17.3 Å². The SMILES string of the molecule is COc1ccccc1-n1nc(CN(C)C(=O)C2CCCCC2)c2c1CCN(Cc1ccccc1F)C2. The number of nitrogens with zero attached hydrogens (tertiary/aromatic N) is 4. The zero-order valence-electron chi connectivity index (χ0n) is 21.3. The van der Waals surface area contributed by atoms with Crippen molar-refractivity contribution in [1.82, 2.24) is 19.6 Å². The van der Waals surface area contributed by atoms with E-state index < -0.39 is 0 Å². The highest BCUT2D eigenvalue weighted by atomic mass is 19.1. The minimum absolute atomic E-state index is 0.119. The van der Waals surface area contributed by atoms with Gasteiger partial charge in [0.2, 0.25) is 5.91 Å². The summed E-state index contributed by atoms with van der Waals surface area (Å²) in [6, 6.07) is 14.9. The topological polar surface area (TPSA) is 50.6 Å². The number of carbonyl (C=O) groups excluding carboxylic acids is 1. The summed E-state index contributed by atoms with van der Waals surface area (Å²) in [4.78, 5) is 17.3. The van der Waals surface area contributed by atoms with Crippen molar-refractivity contribution in [2.24, 2.45) is 5.92 Å². The van der Waals surface area contributed by atoms with Crippen molar-refractivity contribution in [3.63, 3.8) is 0 Å². The van der Waals surface area contributed by atoms with Gasteiger partial charge in [-0.2, -0.15) is 5.10 Å². The highest BCUT2D eigenvalue weighted by molar-refractivity contribution is 5.78. The second-order valence-electron chi connectivity index (χ2n) is 10.0. The first-order valence-corrected chi connectivity index (χ1v) is 13.0. The Morgan fingerprint density at radius 1 is 1.11 bits per heavy atom. The maximum absolute atomic E-state index is 14.4. The van der Waals surface area contributed by atoms with Crippen molar-refractivity contribution < 1.29 is 13.9 Å². The summed E-state index contributed by atoms with van der Waals surface area (Å²) in [5.41, 5.74) is 4.76. The van der Waals surface area contributed by atoms with E-state index in [0.29, 0.717) is 25.2 Å². The Hall–Kier alpha value is -3.19. The first-order chi connectivity index (χ1) is 17.5. The normalized spacial score (nSPS) is 16.5. The van der Waals surface area contributed by atoms with E-state index in [1.54, 1.807) is 13.2 Å². The molecule has 0 N–H and O–H groups in total. The van der Waals surface area contributed by atoms with Crippen LogP contribution in [0.3, 0.4) is 0 Å². The van der Waals surface area contributed by atoms with E-state index in [-0.39, 0.29) is 17.6 Å². The quantitative estimate of drug-likeness (QED) is 0.462. The molecule has 0 saturated heterocycles. The van der Waals surface area contributed by atoms with Crippen molar-refractivity contribution in [3.05, 3.63) is 76.9 Å². The molecular formula is C29H35FN4O2. The van der Waals surface area contributed by atoms with E-state index in [9.17, 15) is 9.18 Å². The average Bonchev–Trinajstić information content (AvgIpc) is 3.27. The molecule has 2 aliphatic rings. The first kappa shape index (κ1) is 24.5. The fourth-order valence-corrected chi connectivity index (χ4v) is 5.64. The van der Waals surface area contributed by atoms with Gasteiger partial charge in [-0.05, 0) is 31.0 Å². The number of halogens is 1. The summed E-state index contributed by atoms with van der Waals surface area (Å²) in [6.07, 6.45) is 6.23. The maximum Gasteiger partial charge on any atom is 0.225 e. The van der Waals surface area contributed by atoms with Crippen LogP contribution in [0, 0.1) is 11.7 Å². The molecule has 3 aromatic rings. The van der Waals surface area contributed by atoms with E-state index >= 15 is 0 Å². The largest absolute Gasteiger partial charge is 0.494 e. The highest BCUT2D eigenvalue weighted by Crippen LogP contribution is 2.31. The molecule has 6 nitrogen and oxygen atoms in total. The van der Waals surface area contributed by atoms with Crippen LogP contribution in [0.4, 0.5) is 4.39 Å². The van der Waals surface area contributed by atoms with E-state index in [2.05, 4.69) is 4.90 Å². The predicted molar refractivity (Wildman–Crippen MR) is 137 cm³/mol. The van der Waals surface area contributed by atoms with Crippen LogP contribution in [0.2, 0.25) is 0 Å². The third-order valence-corrected chi connectivity index (χ3v) is 7.60. The van der Waals surface area contributed by atoms with Crippen molar-refractivity contribution >= 4 is 5.91 Å². The Kier molecular flexibility index (Phi) is 7.37. The molecule has 0 spiro atoms. The van der Waals surface area contributed by atoms with Crippen LogP contribution in [-0.4, -0.2) is 46.2 Å². The molecule has 5 rings (SSSR count). The molecule has 1 aliphatic heterocycles. The summed E-state index contributed by atoms with van der Waals surface area (Å²) in [7, 11) is 3.56. The second-order valence-corrected chi connectivity index (χ2v) is 10.0. The van der Waals surface area contributed by atoms with Crippen molar-refractivity contribution in [3.8, 4) is 11.4 Å². The molecule has 0 unspecified atom stereocenters. The lowest BCUT2D eigenvalue weighted by Crippen LogP contribution is -2.35. The number of methoxy groups -OCH3 is 1. The van der Waals surface area contributed by atoms with Gasteiger partial charge >= 0.3 is 0 Å². The number of ether oxygens (including phenoxy) is 1. The Morgan fingerprint density at radius 3 is 2.64 bits per heavy atom. The van der Waals surface area contributed by atoms with E-state index in [4.69, 9.17) is 9.84 Å². The molecule has 1 aromatic heterocycles. The summed E-state index contributed by atoms with van der Waals surface area (Å²) < 4.78 is 22.0. The van der Waals surface area contributed by atoms with Gasteiger partial charge in [0, 0.05) is 50.1 Å². The molecule has 36 heavy (non-hydrogen) atoms. The molecule has 2 heterocycles. The minimum atomic E-state index is -0.175. The van der Waals surface area contributed by atoms with Gasteiger partial charge in [-0.15, -0.1) is 0 Å². The number of carbonyl (C=O) groups is 1. The smallest absolute Gasteiger partial charge is 0.225 e. The van der Waals surface area contributed by atoms with E-state index in [0.717, 1.165) is 67.0 Å². The van der Waals surface area contributed by atoms with Gasteiger partial charge in [-0.25, -0.2) is 9.07 Å². The summed E-state index contributed by atoms with van der Waals surface area (Å²) in [5.74, 6) is 0.920. The lowest BCUT2D eigenvalue weighted by Gasteiger charge is -2.29. The number of rotatable bonds is 7. The third kappa shape index (κ3) is 5.03. The molecule has 190 valence electrons. The Morgan fingerprint density at radius 2 is 1.86 bits per heavy atom. The van der Waals surface area contributed by atoms with Crippen LogP contribution in [-0.2, 0) is 30.8 Å². The zero-order valence-corrected chi connectivity index (χ0v) is 21.3. The third-order valence-electron chi connectivity index (χ3n) is 7.60. The molecule has 0 radical (unpaired) electrons. The Bertz CT molecular complexity index is 1220. The summed E-state index contributed by atoms with van der Waals surface area (Å²) >= 11 is 0. The van der Waals surface area contributed by atoms with Gasteiger partial charge in [-0.1, -0.05) is 49.6 Å². The van der Waals surface area contributed by atoms with E-state index in [1.807, 2.05) is 53.0 Å². The average molecular weight is 491 g/mol. The van der Waals surface area contributed by atoms with Crippen molar-refractivity contribution in [1.29, 1.82) is 0 Å². The van der Waals surface area contributed by atoms with Gasteiger partial charge in [0.15, 0.2) is 0 Å². The monoisotopic (exact) mass is 490 g/mol. The minimum Gasteiger partial charge on any atom is -0.494 e. The number of hydrogen-bond donors (Lipinski definition) is 0. The number of fused-ring (bicyclic) bond motifs is 1. The lowest BCUT2D eigenvalue weighted by atomic mass is 9.88.